The number of para-hydroxylation sites is 1. The first kappa shape index (κ1) is 17.7. The first-order valence-electron chi connectivity index (χ1n) is 9.35. The van der Waals surface area contributed by atoms with Crippen molar-refractivity contribution >= 4 is 5.91 Å². The number of carbonyl (C=O) groups excluding carboxylic acids is 1. The van der Waals surface area contributed by atoms with E-state index >= 15 is 0 Å². The number of carbonyl (C=O) groups is 1. The molecule has 0 N–H and O–H groups in total. The van der Waals surface area contributed by atoms with E-state index < -0.39 is 17.0 Å². The Bertz CT molecular complexity index is 691. The SMILES string of the molecule is C[C@H]1CN(C(=O)C23CCC(C(F)(F)F)(CC2)CC3)Cc2ccccc2O1. The Kier molecular flexibility index (Phi) is 4.01. The second kappa shape index (κ2) is 5.89. The molecule has 1 atom stereocenters. The average molecular weight is 367 g/mol. The van der Waals surface area contributed by atoms with Gasteiger partial charge in [0, 0.05) is 17.5 Å². The highest BCUT2D eigenvalue weighted by atomic mass is 19.4. The van der Waals surface area contributed by atoms with Gasteiger partial charge in [-0.25, -0.2) is 0 Å². The van der Waals surface area contributed by atoms with Crippen LogP contribution < -0.4 is 4.74 Å². The van der Waals surface area contributed by atoms with Crippen LogP contribution in [0.2, 0.25) is 0 Å². The molecule has 1 aromatic carbocycles. The Morgan fingerprint density at radius 1 is 1.12 bits per heavy atom. The van der Waals surface area contributed by atoms with Crippen molar-refractivity contribution in [3.05, 3.63) is 29.8 Å². The van der Waals surface area contributed by atoms with Gasteiger partial charge < -0.3 is 9.64 Å². The van der Waals surface area contributed by atoms with Crippen molar-refractivity contribution in [2.75, 3.05) is 6.54 Å². The Balaban J connectivity index is 1.55. The molecule has 4 aliphatic rings. The zero-order valence-electron chi connectivity index (χ0n) is 14.9. The lowest BCUT2D eigenvalue weighted by Crippen LogP contribution is -2.55. The van der Waals surface area contributed by atoms with Crippen LogP contribution in [-0.4, -0.2) is 29.6 Å². The van der Waals surface area contributed by atoms with E-state index in [9.17, 15) is 18.0 Å². The summed E-state index contributed by atoms with van der Waals surface area (Å²) in [6.45, 7) is 2.86. The lowest BCUT2D eigenvalue weighted by atomic mass is 9.53. The molecule has 0 spiro atoms. The number of nitrogens with zero attached hydrogens (tertiary/aromatic N) is 1. The van der Waals surface area contributed by atoms with Crippen LogP contribution in [0.25, 0.3) is 0 Å². The smallest absolute Gasteiger partial charge is 0.394 e. The van der Waals surface area contributed by atoms with E-state index in [1.165, 1.54) is 0 Å². The third-order valence-electron chi connectivity index (χ3n) is 6.73. The average Bonchev–Trinajstić information content (AvgIpc) is 2.79. The summed E-state index contributed by atoms with van der Waals surface area (Å²) in [5, 5.41) is 0. The number of halogens is 3. The summed E-state index contributed by atoms with van der Waals surface area (Å²) < 4.78 is 46.3. The number of alkyl halides is 3. The predicted octanol–water partition coefficient (Wildman–Crippen LogP) is 4.70. The Hall–Kier alpha value is -1.72. The van der Waals surface area contributed by atoms with E-state index in [-0.39, 0.29) is 31.3 Å². The monoisotopic (exact) mass is 367 g/mol. The molecule has 0 saturated heterocycles. The molecule has 0 unspecified atom stereocenters. The largest absolute Gasteiger partial charge is 0.489 e. The number of rotatable bonds is 1. The highest BCUT2D eigenvalue weighted by Crippen LogP contribution is 2.63. The highest BCUT2D eigenvalue weighted by molar-refractivity contribution is 5.83. The van der Waals surface area contributed by atoms with Crippen LogP contribution in [0, 0.1) is 10.8 Å². The molecule has 1 aliphatic heterocycles. The van der Waals surface area contributed by atoms with Gasteiger partial charge in [0.1, 0.15) is 11.9 Å². The molecular formula is C20H24F3NO2. The van der Waals surface area contributed by atoms with Crippen LogP contribution in [0.3, 0.4) is 0 Å². The number of benzene rings is 1. The topological polar surface area (TPSA) is 29.5 Å². The summed E-state index contributed by atoms with van der Waals surface area (Å²) in [6, 6.07) is 7.66. The minimum Gasteiger partial charge on any atom is -0.489 e. The number of ether oxygens (including phenoxy) is 1. The van der Waals surface area contributed by atoms with E-state index in [0.717, 1.165) is 11.3 Å². The van der Waals surface area contributed by atoms with Gasteiger partial charge in [-0.05, 0) is 51.5 Å². The van der Waals surface area contributed by atoms with E-state index in [1.807, 2.05) is 36.1 Å². The zero-order valence-corrected chi connectivity index (χ0v) is 14.9. The van der Waals surface area contributed by atoms with Crippen molar-refractivity contribution in [2.45, 2.75) is 64.3 Å². The minimum atomic E-state index is -4.16. The van der Waals surface area contributed by atoms with Gasteiger partial charge in [0.05, 0.1) is 12.0 Å². The second-order valence-electron chi connectivity index (χ2n) is 8.28. The fourth-order valence-corrected chi connectivity index (χ4v) is 5.01. The molecule has 3 aliphatic carbocycles. The summed E-state index contributed by atoms with van der Waals surface area (Å²) in [6.07, 6.45) is -3.01. The fraction of sp³-hybridized carbons (Fsp3) is 0.650. The highest BCUT2D eigenvalue weighted by Gasteiger charge is 2.63. The van der Waals surface area contributed by atoms with Gasteiger partial charge in [0.15, 0.2) is 0 Å². The van der Waals surface area contributed by atoms with Crippen molar-refractivity contribution in [2.24, 2.45) is 10.8 Å². The Morgan fingerprint density at radius 3 is 2.35 bits per heavy atom. The van der Waals surface area contributed by atoms with E-state index in [4.69, 9.17) is 4.74 Å². The van der Waals surface area contributed by atoms with Gasteiger partial charge in [-0.15, -0.1) is 0 Å². The Morgan fingerprint density at radius 2 is 1.73 bits per heavy atom. The maximum Gasteiger partial charge on any atom is 0.394 e. The number of hydrogen-bond acceptors (Lipinski definition) is 2. The van der Waals surface area contributed by atoms with Crippen molar-refractivity contribution in [1.82, 2.24) is 4.90 Å². The van der Waals surface area contributed by atoms with Crippen LogP contribution in [0.5, 0.6) is 5.75 Å². The summed E-state index contributed by atoms with van der Waals surface area (Å²) in [5.74, 6) is 0.802. The molecule has 5 rings (SSSR count). The molecule has 3 nitrogen and oxygen atoms in total. The Labute approximate surface area is 151 Å². The number of hydrogen-bond donors (Lipinski definition) is 0. The summed E-state index contributed by atoms with van der Waals surface area (Å²) in [7, 11) is 0. The quantitative estimate of drug-likeness (QED) is 0.720. The van der Waals surface area contributed by atoms with Gasteiger partial charge in [-0.1, -0.05) is 18.2 Å². The molecule has 26 heavy (non-hydrogen) atoms. The van der Waals surface area contributed by atoms with E-state index in [0.29, 0.717) is 32.4 Å². The van der Waals surface area contributed by atoms with Gasteiger partial charge in [-0.3, -0.25) is 4.79 Å². The lowest BCUT2D eigenvalue weighted by Gasteiger charge is -2.53. The van der Waals surface area contributed by atoms with Gasteiger partial charge in [0.2, 0.25) is 5.91 Å². The minimum absolute atomic E-state index is 0.0140. The van der Waals surface area contributed by atoms with Gasteiger partial charge in [-0.2, -0.15) is 13.2 Å². The third kappa shape index (κ3) is 2.69. The molecule has 1 heterocycles. The van der Waals surface area contributed by atoms with E-state index in [2.05, 4.69) is 0 Å². The maximum atomic E-state index is 13.5. The zero-order chi connectivity index (χ0) is 18.6. The fourth-order valence-electron chi connectivity index (χ4n) is 5.01. The molecule has 2 bridgehead atoms. The summed E-state index contributed by atoms with van der Waals surface area (Å²) in [5.41, 5.74) is -1.22. The first-order valence-corrected chi connectivity index (χ1v) is 9.35. The van der Waals surface area contributed by atoms with Crippen molar-refractivity contribution in [3.63, 3.8) is 0 Å². The normalized spacial score (nSPS) is 34.0. The van der Waals surface area contributed by atoms with Crippen LogP contribution in [0.15, 0.2) is 24.3 Å². The van der Waals surface area contributed by atoms with Crippen molar-refractivity contribution in [3.8, 4) is 5.75 Å². The third-order valence-corrected chi connectivity index (χ3v) is 6.73. The lowest BCUT2D eigenvalue weighted by molar-refractivity contribution is -0.259. The van der Waals surface area contributed by atoms with Crippen LogP contribution in [0.4, 0.5) is 13.2 Å². The molecule has 0 radical (unpaired) electrons. The van der Waals surface area contributed by atoms with Crippen LogP contribution in [0.1, 0.15) is 51.0 Å². The van der Waals surface area contributed by atoms with Gasteiger partial charge in [0.25, 0.3) is 0 Å². The molecule has 1 amide bonds. The molecule has 0 aromatic heterocycles. The summed E-state index contributed by atoms with van der Waals surface area (Å²) in [4.78, 5) is 15.2. The van der Waals surface area contributed by atoms with Crippen molar-refractivity contribution < 1.29 is 22.7 Å². The molecule has 3 saturated carbocycles. The standard InChI is InChI=1S/C20H24F3NO2/c1-14-12-24(13-15-4-2-3-5-16(15)26-14)17(25)18-6-9-19(10-7-18,11-8-18)20(21,22)23/h2-5,14H,6-13H2,1H3/t14-,18?,19?/m0/s1. The molecule has 3 fully saturated rings. The maximum absolute atomic E-state index is 13.5. The van der Waals surface area contributed by atoms with Crippen LogP contribution >= 0.6 is 0 Å². The second-order valence-corrected chi connectivity index (χ2v) is 8.28. The molecule has 1 aromatic rings. The first-order chi connectivity index (χ1) is 12.2. The predicted molar refractivity (Wildman–Crippen MR) is 90.6 cm³/mol. The molecular weight excluding hydrogens is 343 g/mol. The van der Waals surface area contributed by atoms with Gasteiger partial charge >= 0.3 is 6.18 Å². The number of amides is 1. The molecule has 6 heteroatoms. The molecule has 142 valence electrons. The van der Waals surface area contributed by atoms with Crippen LogP contribution in [-0.2, 0) is 11.3 Å². The van der Waals surface area contributed by atoms with Crippen molar-refractivity contribution in [1.29, 1.82) is 0 Å². The number of fused-ring (bicyclic) bond motifs is 4. The van der Waals surface area contributed by atoms with E-state index in [1.54, 1.807) is 0 Å². The summed E-state index contributed by atoms with van der Waals surface area (Å²) >= 11 is 0.